The van der Waals surface area contributed by atoms with Gasteiger partial charge in [-0.05, 0) is 73.2 Å². The van der Waals surface area contributed by atoms with Crippen molar-refractivity contribution in [3.8, 4) is 11.5 Å². The number of esters is 1. The largest absolute Gasteiger partial charge is 0.494 e. The van der Waals surface area contributed by atoms with Crippen molar-refractivity contribution in [1.82, 2.24) is 0 Å². The van der Waals surface area contributed by atoms with Crippen molar-refractivity contribution in [1.29, 1.82) is 0 Å². The Hall–Kier alpha value is -3.47. The topological polar surface area (TPSA) is 47.9 Å². The van der Waals surface area contributed by atoms with E-state index in [4.69, 9.17) is 9.47 Å². The van der Waals surface area contributed by atoms with Gasteiger partial charge in [0, 0.05) is 12.3 Å². The van der Waals surface area contributed by atoms with Gasteiger partial charge in [-0.25, -0.2) is 9.18 Å². The van der Waals surface area contributed by atoms with E-state index in [-0.39, 0.29) is 5.75 Å². The number of rotatable bonds is 6. The van der Waals surface area contributed by atoms with Crippen molar-refractivity contribution in [2.45, 2.75) is 6.92 Å². The summed E-state index contributed by atoms with van der Waals surface area (Å²) in [5.41, 5.74) is 2.00. The minimum Gasteiger partial charge on any atom is -0.494 e. The van der Waals surface area contributed by atoms with Gasteiger partial charge in [-0.15, -0.1) is 0 Å². The molecule has 5 heteroatoms. The van der Waals surface area contributed by atoms with Gasteiger partial charge in [0.25, 0.3) is 0 Å². The zero-order valence-electron chi connectivity index (χ0n) is 14.8. The number of aliphatic imine (C=N–C) groups is 1. The van der Waals surface area contributed by atoms with Crippen LogP contribution in [-0.4, -0.2) is 18.8 Å². The van der Waals surface area contributed by atoms with Crippen LogP contribution in [0.1, 0.15) is 22.8 Å². The molecule has 4 nitrogen and oxygen atoms in total. The van der Waals surface area contributed by atoms with E-state index >= 15 is 0 Å². The van der Waals surface area contributed by atoms with E-state index in [2.05, 4.69) is 4.99 Å². The lowest BCUT2D eigenvalue weighted by Gasteiger charge is -2.04. The fourth-order valence-corrected chi connectivity index (χ4v) is 2.35. The maximum atomic E-state index is 13.1. The highest BCUT2D eigenvalue weighted by molar-refractivity contribution is 5.91. The SMILES string of the molecule is CCOc1ccc(C=Nc2ccc(C(=O)Oc3cccc(F)c3)cc2)cc1. The molecule has 0 N–H and O–H groups in total. The molecular weight excluding hydrogens is 345 g/mol. The fourth-order valence-electron chi connectivity index (χ4n) is 2.35. The molecule has 0 atom stereocenters. The minimum atomic E-state index is -0.553. The molecule has 0 saturated carbocycles. The Labute approximate surface area is 156 Å². The van der Waals surface area contributed by atoms with Crippen molar-refractivity contribution < 1.29 is 18.7 Å². The molecule has 3 rings (SSSR count). The predicted molar refractivity (Wildman–Crippen MR) is 103 cm³/mol. The quantitative estimate of drug-likeness (QED) is 0.344. The molecule has 0 saturated heterocycles. The number of benzene rings is 3. The van der Waals surface area contributed by atoms with Crippen LogP contribution in [0.3, 0.4) is 0 Å². The molecule has 0 spiro atoms. The van der Waals surface area contributed by atoms with Crippen LogP contribution in [-0.2, 0) is 0 Å². The number of carbonyl (C=O) groups is 1. The van der Waals surface area contributed by atoms with Crippen LogP contribution in [0, 0.1) is 5.82 Å². The number of carbonyl (C=O) groups excluding carboxylic acids is 1. The Balaban J connectivity index is 1.63. The summed E-state index contributed by atoms with van der Waals surface area (Å²) in [5.74, 6) is -0.0321. The average Bonchev–Trinajstić information content (AvgIpc) is 2.68. The van der Waals surface area contributed by atoms with E-state index in [0.717, 1.165) is 17.4 Å². The second-order valence-electron chi connectivity index (χ2n) is 5.65. The number of hydrogen-bond acceptors (Lipinski definition) is 4. The molecule has 0 amide bonds. The maximum absolute atomic E-state index is 13.1. The second kappa shape index (κ2) is 8.76. The first-order chi connectivity index (χ1) is 13.1. The summed E-state index contributed by atoms with van der Waals surface area (Å²) in [6.07, 6.45) is 1.73. The normalized spacial score (nSPS) is 10.7. The van der Waals surface area contributed by atoms with E-state index in [1.807, 2.05) is 31.2 Å². The van der Waals surface area contributed by atoms with Crippen LogP contribution in [0.5, 0.6) is 11.5 Å². The van der Waals surface area contributed by atoms with Crippen molar-refractivity contribution in [3.05, 3.63) is 89.7 Å². The zero-order valence-corrected chi connectivity index (χ0v) is 14.8. The van der Waals surface area contributed by atoms with Crippen molar-refractivity contribution in [3.63, 3.8) is 0 Å². The van der Waals surface area contributed by atoms with E-state index in [9.17, 15) is 9.18 Å². The van der Waals surface area contributed by atoms with Gasteiger partial charge in [0.05, 0.1) is 17.9 Å². The van der Waals surface area contributed by atoms with Crippen LogP contribution >= 0.6 is 0 Å². The van der Waals surface area contributed by atoms with E-state index in [1.165, 1.54) is 18.2 Å². The van der Waals surface area contributed by atoms with Gasteiger partial charge in [0.15, 0.2) is 0 Å². The Morgan fingerprint density at radius 2 is 1.74 bits per heavy atom. The van der Waals surface area contributed by atoms with Crippen molar-refractivity contribution in [2.75, 3.05) is 6.61 Å². The number of halogens is 1. The summed E-state index contributed by atoms with van der Waals surface area (Å²) in [4.78, 5) is 16.5. The first-order valence-corrected chi connectivity index (χ1v) is 8.49. The third kappa shape index (κ3) is 5.25. The Kier molecular flexibility index (Phi) is 5.94. The molecular formula is C22H18FNO3. The highest BCUT2D eigenvalue weighted by Gasteiger charge is 2.08. The standard InChI is InChI=1S/C22H18FNO3/c1-2-26-20-12-6-16(7-13-20)15-24-19-10-8-17(9-11-19)22(25)27-21-5-3-4-18(23)14-21/h3-15H,2H2,1H3. The number of nitrogens with zero attached hydrogens (tertiary/aromatic N) is 1. The molecule has 0 heterocycles. The molecule has 27 heavy (non-hydrogen) atoms. The Bertz CT molecular complexity index is 935. The van der Waals surface area contributed by atoms with Crippen LogP contribution < -0.4 is 9.47 Å². The molecule has 0 aliphatic heterocycles. The van der Waals surface area contributed by atoms with Gasteiger partial charge >= 0.3 is 5.97 Å². The van der Waals surface area contributed by atoms with Gasteiger partial charge in [0.1, 0.15) is 17.3 Å². The van der Waals surface area contributed by atoms with Gasteiger partial charge in [0.2, 0.25) is 0 Å². The molecule has 0 unspecified atom stereocenters. The summed E-state index contributed by atoms with van der Waals surface area (Å²) in [6.45, 7) is 2.56. The maximum Gasteiger partial charge on any atom is 0.343 e. The Morgan fingerprint density at radius 1 is 1.00 bits per heavy atom. The monoisotopic (exact) mass is 363 g/mol. The smallest absolute Gasteiger partial charge is 0.343 e. The van der Waals surface area contributed by atoms with Crippen molar-refractivity contribution in [2.24, 2.45) is 4.99 Å². The number of hydrogen-bond donors (Lipinski definition) is 0. The first-order valence-electron chi connectivity index (χ1n) is 8.49. The fraction of sp³-hybridized carbons (Fsp3) is 0.0909. The molecule has 3 aromatic carbocycles. The summed E-state index contributed by atoms with van der Waals surface area (Å²) < 4.78 is 23.7. The van der Waals surface area contributed by atoms with Gasteiger partial charge in [-0.1, -0.05) is 6.07 Å². The molecule has 3 aromatic rings. The lowest BCUT2D eigenvalue weighted by molar-refractivity contribution is 0.0734. The van der Waals surface area contributed by atoms with Crippen LogP contribution in [0.25, 0.3) is 0 Å². The Morgan fingerprint density at radius 3 is 2.41 bits per heavy atom. The van der Waals surface area contributed by atoms with Crippen LogP contribution in [0.2, 0.25) is 0 Å². The highest BCUT2D eigenvalue weighted by atomic mass is 19.1. The van der Waals surface area contributed by atoms with E-state index < -0.39 is 11.8 Å². The average molecular weight is 363 g/mol. The van der Waals surface area contributed by atoms with Gasteiger partial charge < -0.3 is 9.47 Å². The second-order valence-corrected chi connectivity index (χ2v) is 5.65. The summed E-state index contributed by atoms with van der Waals surface area (Å²) >= 11 is 0. The molecule has 0 radical (unpaired) electrons. The number of ether oxygens (including phenoxy) is 2. The predicted octanol–water partition coefficient (Wildman–Crippen LogP) is 5.19. The molecule has 0 fully saturated rings. The molecule has 0 aliphatic rings. The molecule has 0 aromatic heterocycles. The van der Waals surface area contributed by atoms with E-state index in [1.54, 1.807) is 30.5 Å². The van der Waals surface area contributed by atoms with E-state index in [0.29, 0.717) is 17.9 Å². The molecule has 0 aliphatic carbocycles. The zero-order chi connectivity index (χ0) is 19.1. The first kappa shape index (κ1) is 18.3. The molecule has 0 bridgehead atoms. The summed E-state index contributed by atoms with van der Waals surface area (Å²) in [6, 6.07) is 19.7. The third-order valence-corrected chi connectivity index (χ3v) is 3.66. The minimum absolute atomic E-state index is 0.164. The summed E-state index contributed by atoms with van der Waals surface area (Å²) in [7, 11) is 0. The van der Waals surface area contributed by atoms with Crippen LogP contribution in [0.15, 0.2) is 77.8 Å². The lowest BCUT2D eigenvalue weighted by Crippen LogP contribution is -2.08. The third-order valence-electron chi connectivity index (χ3n) is 3.66. The van der Waals surface area contributed by atoms with Gasteiger partial charge in [-0.3, -0.25) is 4.99 Å². The summed E-state index contributed by atoms with van der Waals surface area (Å²) in [5, 5.41) is 0. The molecule has 136 valence electrons. The van der Waals surface area contributed by atoms with Crippen LogP contribution in [0.4, 0.5) is 10.1 Å². The lowest BCUT2D eigenvalue weighted by atomic mass is 10.2. The van der Waals surface area contributed by atoms with Gasteiger partial charge in [-0.2, -0.15) is 0 Å². The highest BCUT2D eigenvalue weighted by Crippen LogP contribution is 2.17. The van der Waals surface area contributed by atoms with Crippen molar-refractivity contribution >= 4 is 17.9 Å².